The van der Waals surface area contributed by atoms with Gasteiger partial charge in [0, 0.05) is 24.2 Å². The van der Waals surface area contributed by atoms with Crippen LogP contribution in [0.25, 0.3) is 0 Å². The number of hydrogen-bond acceptors (Lipinski definition) is 4. The third-order valence-corrected chi connectivity index (χ3v) is 4.02. The number of carbonyl (C=O) groups is 1. The maximum absolute atomic E-state index is 13.8. The van der Waals surface area contributed by atoms with Crippen molar-refractivity contribution in [3.63, 3.8) is 0 Å². The number of benzene rings is 2. The fourth-order valence-corrected chi connectivity index (χ4v) is 2.57. The lowest BCUT2D eigenvalue weighted by molar-refractivity contribution is -0.385. The molecule has 25 heavy (non-hydrogen) atoms. The van der Waals surface area contributed by atoms with Crippen molar-refractivity contribution >= 4 is 11.6 Å². The fraction of sp³-hybridized carbons (Fsp3) is 0.278. The molecule has 3 rings (SSSR count). The molecule has 6 nitrogen and oxygen atoms in total. The standard InChI is InChI=1S/C18H17FN2O4/c19-15-6-2-1-5-13(15)11-20(14-9-10-14)18(22)12-25-17-8-4-3-7-16(17)21(23)24/h1-8,14H,9-12H2. The zero-order valence-electron chi connectivity index (χ0n) is 13.4. The van der Waals surface area contributed by atoms with Gasteiger partial charge in [0.25, 0.3) is 5.91 Å². The molecule has 0 N–H and O–H groups in total. The number of para-hydroxylation sites is 2. The van der Waals surface area contributed by atoms with Gasteiger partial charge in [-0.3, -0.25) is 14.9 Å². The molecule has 130 valence electrons. The second-order valence-corrected chi connectivity index (χ2v) is 5.86. The Morgan fingerprint density at radius 2 is 1.88 bits per heavy atom. The molecule has 0 spiro atoms. The average molecular weight is 344 g/mol. The van der Waals surface area contributed by atoms with Gasteiger partial charge in [-0.25, -0.2) is 4.39 Å². The molecule has 1 amide bonds. The van der Waals surface area contributed by atoms with Crippen LogP contribution in [0.1, 0.15) is 18.4 Å². The Hall–Kier alpha value is -2.96. The Labute approximate surface area is 144 Å². The first-order chi connectivity index (χ1) is 12.1. The van der Waals surface area contributed by atoms with Crippen molar-refractivity contribution in [3.05, 3.63) is 70.0 Å². The van der Waals surface area contributed by atoms with Crippen molar-refractivity contribution < 1.29 is 18.8 Å². The van der Waals surface area contributed by atoms with Gasteiger partial charge in [0.05, 0.1) is 4.92 Å². The third-order valence-electron chi connectivity index (χ3n) is 4.02. The zero-order chi connectivity index (χ0) is 17.8. The summed E-state index contributed by atoms with van der Waals surface area (Å²) < 4.78 is 19.2. The predicted octanol–water partition coefficient (Wildman–Crippen LogP) is 3.30. The minimum absolute atomic E-state index is 0.0440. The minimum Gasteiger partial charge on any atom is -0.477 e. The number of ether oxygens (including phenoxy) is 1. The number of halogens is 1. The van der Waals surface area contributed by atoms with Crippen LogP contribution in [0.4, 0.5) is 10.1 Å². The van der Waals surface area contributed by atoms with Crippen LogP contribution < -0.4 is 4.74 Å². The first-order valence-electron chi connectivity index (χ1n) is 7.95. The molecule has 0 unspecified atom stereocenters. The molecule has 0 atom stereocenters. The second-order valence-electron chi connectivity index (χ2n) is 5.86. The highest BCUT2D eigenvalue weighted by molar-refractivity contribution is 5.78. The highest BCUT2D eigenvalue weighted by atomic mass is 19.1. The maximum atomic E-state index is 13.8. The molecule has 0 bridgehead atoms. The van der Waals surface area contributed by atoms with Crippen molar-refractivity contribution in [3.8, 4) is 5.75 Å². The first kappa shape index (κ1) is 16.9. The van der Waals surface area contributed by atoms with Crippen LogP contribution in [0.15, 0.2) is 48.5 Å². The van der Waals surface area contributed by atoms with Gasteiger partial charge in [-0.15, -0.1) is 0 Å². The van der Waals surface area contributed by atoms with E-state index in [2.05, 4.69) is 0 Å². The summed E-state index contributed by atoms with van der Waals surface area (Å²) in [6, 6.07) is 12.3. The van der Waals surface area contributed by atoms with E-state index < -0.39 is 4.92 Å². The molecule has 2 aromatic rings. The Balaban J connectivity index is 1.68. The molecule has 0 aromatic heterocycles. The fourth-order valence-electron chi connectivity index (χ4n) is 2.57. The smallest absolute Gasteiger partial charge is 0.310 e. The van der Waals surface area contributed by atoms with Gasteiger partial charge in [-0.05, 0) is 25.0 Å². The van der Waals surface area contributed by atoms with E-state index in [-0.39, 0.29) is 42.4 Å². The van der Waals surface area contributed by atoms with Gasteiger partial charge in [-0.2, -0.15) is 0 Å². The zero-order valence-corrected chi connectivity index (χ0v) is 13.4. The number of nitro benzene ring substituents is 1. The first-order valence-corrected chi connectivity index (χ1v) is 7.95. The monoisotopic (exact) mass is 344 g/mol. The average Bonchev–Trinajstić information content (AvgIpc) is 3.44. The number of hydrogen-bond donors (Lipinski definition) is 0. The lowest BCUT2D eigenvalue weighted by atomic mass is 10.2. The largest absolute Gasteiger partial charge is 0.477 e. The summed E-state index contributed by atoms with van der Waals surface area (Å²) in [5.74, 6) is -0.632. The summed E-state index contributed by atoms with van der Waals surface area (Å²) in [5.41, 5.74) is 0.246. The SMILES string of the molecule is O=C(COc1ccccc1[N+](=O)[O-])N(Cc1ccccc1F)C1CC1. The topological polar surface area (TPSA) is 72.7 Å². The number of rotatable bonds is 7. The van der Waals surface area contributed by atoms with Crippen molar-refractivity contribution in [2.45, 2.75) is 25.4 Å². The molecule has 1 aliphatic rings. The quantitative estimate of drug-likeness (QED) is 0.571. The van der Waals surface area contributed by atoms with E-state index in [1.165, 1.54) is 24.3 Å². The molecular weight excluding hydrogens is 327 g/mol. The molecule has 0 heterocycles. The number of nitrogens with zero attached hydrogens (tertiary/aromatic N) is 2. The van der Waals surface area contributed by atoms with Crippen LogP contribution in [0, 0.1) is 15.9 Å². The van der Waals surface area contributed by atoms with Gasteiger partial charge in [-0.1, -0.05) is 30.3 Å². The number of amides is 1. The van der Waals surface area contributed by atoms with Crippen molar-refractivity contribution in [1.29, 1.82) is 0 Å². The van der Waals surface area contributed by atoms with Crippen LogP contribution in [0.5, 0.6) is 5.75 Å². The molecule has 0 saturated heterocycles. The van der Waals surface area contributed by atoms with E-state index in [1.54, 1.807) is 29.2 Å². The molecule has 1 aliphatic carbocycles. The van der Waals surface area contributed by atoms with Crippen molar-refractivity contribution in [1.82, 2.24) is 4.90 Å². The summed E-state index contributed by atoms with van der Waals surface area (Å²) in [4.78, 5) is 24.5. The minimum atomic E-state index is -0.558. The van der Waals surface area contributed by atoms with Crippen LogP contribution in [0.2, 0.25) is 0 Å². The van der Waals surface area contributed by atoms with Crippen LogP contribution >= 0.6 is 0 Å². The Morgan fingerprint density at radius 3 is 2.56 bits per heavy atom. The molecule has 7 heteroatoms. The summed E-state index contributed by atoms with van der Waals surface area (Å²) in [7, 11) is 0. The van der Waals surface area contributed by atoms with E-state index in [0.717, 1.165) is 12.8 Å². The molecular formula is C18H17FN2O4. The van der Waals surface area contributed by atoms with E-state index in [4.69, 9.17) is 4.74 Å². The van der Waals surface area contributed by atoms with Crippen molar-refractivity contribution in [2.24, 2.45) is 0 Å². The number of carbonyl (C=O) groups excluding carboxylic acids is 1. The van der Waals surface area contributed by atoms with Gasteiger partial charge >= 0.3 is 5.69 Å². The van der Waals surface area contributed by atoms with Crippen molar-refractivity contribution in [2.75, 3.05) is 6.61 Å². The van der Waals surface area contributed by atoms with E-state index in [1.807, 2.05) is 0 Å². The van der Waals surface area contributed by atoms with E-state index in [9.17, 15) is 19.3 Å². The lowest BCUT2D eigenvalue weighted by Crippen LogP contribution is -2.36. The lowest BCUT2D eigenvalue weighted by Gasteiger charge is -2.23. The number of nitro groups is 1. The summed E-state index contributed by atoms with van der Waals surface area (Å²) >= 11 is 0. The van der Waals surface area contributed by atoms with Gasteiger partial charge in [0.1, 0.15) is 5.82 Å². The van der Waals surface area contributed by atoms with Crippen LogP contribution in [-0.2, 0) is 11.3 Å². The van der Waals surface area contributed by atoms with Crippen LogP contribution in [0.3, 0.4) is 0 Å². The van der Waals surface area contributed by atoms with Gasteiger partial charge < -0.3 is 9.64 Å². The second kappa shape index (κ2) is 7.29. The van der Waals surface area contributed by atoms with Crippen LogP contribution in [-0.4, -0.2) is 28.4 Å². The van der Waals surface area contributed by atoms with E-state index >= 15 is 0 Å². The molecule has 1 fully saturated rings. The molecule has 2 aromatic carbocycles. The molecule has 1 saturated carbocycles. The third kappa shape index (κ3) is 4.12. The normalized spacial score (nSPS) is 13.3. The summed E-state index contributed by atoms with van der Waals surface area (Å²) in [6.45, 7) is -0.160. The molecule has 0 radical (unpaired) electrons. The Bertz CT molecular complexity index is 792. The molecule has 0 aliphatic heterocycles. The van der Waals surface area contributed by atoms with E-state index in [0.29, 0.717) is 5.56 Å². The predicted molar refractivity (Wildman–Crippen MR) is 88.6 cm³/mol. The van der Waals surface area contributed by atoms with Gasteiger partial charge in [0.15, 0.2) is 12.4 Å². The summed E-state index contributed by atoms with van der Waals surface area (Å²) in [6.07, 6.45) is 1.73. The van der Waals surface area contributed by atoms with Gasteiger partial charge in [0.2, 0.25) is 0 Å². The maximum Gasteiger partial charge on any atom is 0.310 e. The Kier molecular flexibility index (Phi) is 4.92. The highest BCUT2D eigenvalue weighted by Crippen LogP contribution is 2.30. The highest BCUT2D eigenvalue weighted by Gasteiger charge is 2.33. The Morgan fingerprint density at radius 1 is 1.20 bits per heavy atom. The summed E-state index contributed by atoms with van der Waals surface area (Å²) in [5, 5.41) is 11.0.